The van der Waals surface area contributed by atoms with Gasteiger partial charge in [0.1, 0.15) is 17.2 Å². The van der Waals surface area contributed by atoms with Gasteiger partial charge in [0.2, 0.25) is 0 Å². The lowest BCUT2D eigenvalue weighted by molar-refractivity contribution is -0.143. The fourth-order valence-corrected chi connectivity index (χ4v) is 3.68. The average Bonchev–Trinajstić information content (AvgIpc) is 2.92. The van der Waals surface area contributed by atoms with Crippen molar-refractivity contribution in [3.05, 3.63) is 83.0 Å². The number of allylic oxidation sites excluding steroid dienone is 5. The van der Waals surface area contributed by atoms with E-state index in [-0.39, 0.29) is 17.7 Å². The van der Waals surface area contributed by atoms with Crippen LogP contribution in [0.3, 0.4) is 0 Å². The quantitative estimate of drug-likeness (QED) is 0.0831. The van der Waals surface area contributed by atoms with Gasteiger partial charge in [0.15, 0.2) is 5.78 Å². The molecule has 0 N–H and O–H groups in total. The van der Waals surface area contributed by atoms with Crippen LogP contribution in [-0.2, 0) is 22.4 Å². The topological polar surface area (TPSA) is 78.9 Å². The summed E-state index contributed by atoms with van der Waals surface area (Å²) in [7, 11) is 0. The van der Waals surface area contributed by atoms with Crippen LogP contribution in [0.1, 0.15) is 95.8 Å². The monoisotopic (exact) mass is 574 g/mol. The zero-order chi connectivity index (χ0) is 31.5. The van der Waals surface area contributed by atoms with Gasteiger partial charge in [0.05, 0.1) is 23.0 Å². The van der Waals surface area contributed by atoms with Crippen LogP contribution >= 0.6 is 0 Å². The van der Waals surface area contributed by atoms with Crippen molar-refractivity contribution >= 4 is 23.8 Å². The van der Waals surface area contributed by atoms with Crippen molar-refractivity contribution in [3.8, 4) is 17.2 Å². The number of benzene rings is 2. The lowest BCUT2D eigenvalue weighted by Gasteiger charge is -2.23. The minimum absolute atomic E-state index is 0.257. The maximum Gasteiger partial charge on any atom is 0.316 e. The van der Waals surface area contributed by atoms with Crippen LogP contribution in [0.5, 0.6) is 17.2 Å². The zero-order valence-electron chi connectivity index (χ0n) is 26.6. The van der Waals surface area contributed by atoms with Gasteiger partial charge >= 0.3 is 11.9 Å². The highest BCUT2D eigenvalue weighted by molar-refractivity contribution is 6.07. The maximum atomic E-state index is 13.3. The van der Waals surface area contributed by atoms with Crippen molar-refractivity contribution in [1.29, 1.82) is 0 Å². The van der Waals surface area contributed by atoms with Gasteiger partial charge in [-0.05, 0) is 128 Å². The molecular formula is C36H46O6. The standard InChI is InChI=1S/C36H46O6/c1-10-13-15-26-24-27(16-14-11-2)32(42-34(39)36(7,8)9)29(31(26)40-23-12-3)21-22-30(37)25-17-19-28(20-18-25)41-33(38)35(4,5)6/h10-11,13-14,17-22,24H,12,15-16,23H2,1-9H3/b13-10+,14-11+,22-21+. The predicted molar refractivity (Wildman–Crippen MR) is 169 cm³/mol. The predicted octanol–water partition coefficient (Wildman–Crippen LogP) is 8.51. The second kappa shape index (κ2) is 15.3. The summed E-state index contributed by atoms with van der Waals surface area (Å²) >= 11 is 0. The number of rotatable bonds is 12. The fraction of sp³-hybridized carbons (Fsp3) is 0.417. The maximum absolute atomic E-state index is 13.3. The largest absolute Gasteiger partial charge is 0.493 e. The molecule has 0 saturated heterocycles. The first-order valence-corrected chi connectivity index (χ1v) is 14.5. The third kappa shape index (κ3) is 9.86. The summed E-state index contributed by atoms with van der Waals surface area (Å²) in [5.74, 6) is 0.346. The van der Waals surface area contributed by atoms with Crippen molar-refractivity contribution in [2.75, 3.05) is 6.61 Å². The Morgan fingerprint density at radius 3 is 1.79 bits per heavy atom. The molecule has 0 aliphatic heterocycles. The van der Waals surface area contributed by atoms with Crippen LogP contribution in [0.15, 0.2) is 60.7 Å². The molecule has 0 aromatic heterocycles. The normalized spacial score (nSPS) is 12.3. The minimum atomic E-state index is -0.735. The van der Waals surface area contributed by atoms with Gasteiger partial charge in [-0.3, -0.25) is 14.4 Å². The molecule has 42 heavy (non-hydrogen) atoms. The van der Waals surface area contributed by atoms with E-state index in [0.29, 0.717) is 47.8 Å². The summed E-state index contributed by atoms with van der Waals surface area (Å²) in [4.78, 5) is 38.6. The molecule has 0 spiro atoms. The fourth-order valence-electron chi connectivity index (χ4n) is 3.68. The van der Waals surface area contributed by atoms with E-state index in [4.69, 9.17) is 14.2 Å². The van der Waals surface area contributed by atoms with E-state index in [1.807, 2.05) is 51.1 Å². The van der Waals surface area contributed by atoms with E-state index in [1.165, 1.54) is 6.08 Å². The van der Waals surface area contributed by atoms with Crippen LogP contribution in [0.2, 0.25) is 0 Å². The second-order valence-electron chi connectivity index (χ2n) is 12.2. The minimum Gasteiger partial charge on any atom is -0.493 e. The molecule has 0 radical (unpaired) electrons. The van der Waals surface area contributed by atoms with E-state index in [0.717, 1.165) is 17.5 Å². The van der Waals surface area contributed by atoms with Gasteiger partial charge in [-0.2, -0.15) is 0 Å². The highest BCUT2D eigenvalue weighted by atomic mass is 16.5. The first kappa shape index (κ1) is 34.3. The molecule has 6 heteroatoms. The smallest absolute Gasteiger partial charge is 0.316 e. The van der Waals surface area contributed by atoms with Crippen molar-refractivity contribution in [2.45, 2.75) is 81.6 Å². The Morgan fingerprint density at radius 1 is 0.762 bits per heavy atom. The molecule has 226 valence electrons. The van der Waals surface area contributed by atoms with Crippen LogP contribution < -0.4 is 14.2 Å². The zero-order valence-corrected chi connectivity index (χ0v) is 26.6. The van der Waals surface area contributed by atoms with Crippen molar-refractivity contribution in [1.82, 2.24) is 0 Å². The number of carbonyl (C=O) groups excluding carboxylic acids is 3. The van der Waals surface area contributed by atoms with Gasteiger partial charge in [-0.25, -0.2) is 0 Å². The Balaban J connectivity index is 2.64. The van der Waals surface area contributed by atoms with E-state index in [9.17, 15) is 14.4 Å². The number of hydrogen-bond acceptors (Lipinski definition) is 6. The molecule has 2 rings (SSSR count). The van der Waals surface area contributed by atoms with Crippen molar-refractivity contribution < 1.29 is 28.6 Å². The summed E-state index contributed by atoms with van der Waals surface area (Å²) in [6.07, 6.45) is 13.0. The highest BCUT2D eigenvalue weighted by Crippen LogP contribution is 2.39. The van der Waals surface area contributed by atoms with Crippen LogP contribution in [0.25, 0.3) is 6.08 Å². The molecular weight excluding hydrogens is 528 g/mol. The van der Waals surface area contributed by atoms with Gasteiger partial charge in [-0.15, -0.1) is 0 Å². The van der Waals surface area contributed by atoms with Gasteiger partial charge < -0.3 is 14.2 Å². The van der Waals surface area contributed by atoms with Crippen LogP contribution in [0.4, 0.5) is 0 Å². The lowest BCUT2D eigenvalue weighted by Crippen LogP contribution is -2.26. The number of ether oxygens (including phenoxy) is 3. The molecule has 0 amide bonds. The molecule has 2 aromatic rings. The van der Waals surface area contributed by atoms with Gasteiger partial charge in [0, 0.05) is 5.56 Å². The molecule has 0 bridgehead atoms. The molecule has 2 aromatic carbocycles. The molecule has 0 aliphatic rings. The number of hydrogen-bond donors (Lipinski definition) is 0. The Hall–Kier alpha value is -3.93. The summed E-state index contributed by atoms with van der Waals surface area (Å²) in [6.45, 7) is 17.1. The number of ketones is 1. The first-order chi connectivity index (χ1) is 19.7. The molecule has 0 heterocycles. The molecule has 0 fully saturated rings. The molecule has 0 saturated carbocycles. The van der Waals surface area contributed by atoms with E-state index >= 15 is 0 Å². The van der Waals surface area contributed by atoms with Crippen molar-refractivity contribution in [2.24, 2.45) is 10.8 Å². The van der Waals surface area contributed by atoms with E-state index in [1.54, 1.807) is 71.9 Å². The highest BCUT2D eigenvalue weighted by Gasteiger charge is 2.28. The summed E-state index contributed by atoms with van der Waals surface area (Å²) in [5, 5.41) is 0. The average molecular weight is 575 g/mol. The van der Waals surface area contributed by atoms with Crippen LogP contribution in [0, 0.1) is 10.8 Å². The van der Waals surface area contributed by atoms with E-state index in [2.05, 4.69) is 0 Å². The van der Waals surface area contributed by atoms with Gasteiger partial charge in [-0.1, -0.05) is 31.2 Å². The molecule has 0 aliphatic carbocycles. The van der Waals surface area contributed by atoms with Gasteiger partial charge in [0.25, 0.3) is 0 Å². The first-order valence-electron chi connectivity index (χ1n) is 14.5. The third-order valence-corrected chi connectivity index (χ3v) is 6.19. The van der Waals surface area contributed by atoms with Crippen molar-refractivity contribution in [3.63, 3.8) is 0 Å². The van der Waals surface area contributed by atoms with E-state index < -0.39 is 10.8 Å². The second-order valence-corrected chi connectivity index (χ2v) is 12.2. The Morgan fingerprint density at radius 2 is 1.29 bits per heavy atom. The molecule has 0 atom stereocenters. The Bertz CT molecular complexity index is 1330. The summed E-state index contributed by atoms with van der Waals surface area (Å²) in [6, 6.07) is 8.46. The number of esters is 2. The Kier molecular flexibility index (Phi) is 12.5. The SMILES string of the molecule is C/C=C/Cc1cc(C/C=C/C)c(OC(=O)C(C)(C)C)c(/C=C/C(=O)c2ccc(OC(=O)C(C)(C)C)cc2)c1OCCC. The third-order valence-electron chi connectivity index (χ3n) is 6.19. The number of carbonyl (C=O) groups is 3. The molecule has 0 unspecified atom stereocenters. The summed E-state index contributed by atoms with van der Waals surface area (Å²) in [5.41, 5.74) is 1.36. The van der Waals surface area contributed by atoms with Crippen LogP contribution in [-0.4, -0.2) is 24.3 Å². The Labute approximate surface area is 251 Å². The summed E-state index contributed by atoms with van der Waals surface area (Å²) < 4.78 is 17.7. The lowest BCUT2D eigenvalue weighted by atomic mass is 9.95. The molecule has 6 nitrogen and oxygen atoms in total.